The monoisotopic (exact) mass is 411 g/mol. The first-order valence-corrected chi connectivity index (χ1v) is 10.4. The molecule has 0 saturated heterocycles. The van der Waals surface area contributed by atoms with Crippen molar-refractivity contribution in [3.63, 3.8) is 0 Å². The van der Waals surface area contributed by atoms with Gasteiger partial charge in [0, 0.05) is 10.9 Å². The molecule has 9 heteroatoms. The number of nitrogens with two attached hydrogens (primary N) is 2. The molecule has 29 heavy (non-hydrogen) atoms. The summed E-state index contributed by atoms with van der Waals surface area (Å²) in [5.41, 5.74) is 12.8. The molecule has 150 valence electrons. The van der Waals surface area contributed by atoms with Gasteiger partial charge in [0.1, 0.15) is 0 Å². The van der Waals surface area contributed by atoms with Crippen molar-refractivity contribution in [2.45, 2.75) is 19.1 Å². The van der Waals surface area contributed by atoms with Crippen LogP contribution in [0.1, 0.15) is 24.2 Å². The minimum absolute atomic E-state index is 0.216. The predicted octanol–water partition coefficient (Wildman–Crippen LogP) is 2.47. The van der Waals surface area contributed by atoms with Crippen molar-refractivity contribution in [2.75, 3.05) is 4.72 Å². The first kappa shape index (κ1) is 20.3. The standard InChI is InChI=1S/C20H21N5O3S/c1-12(2)29(27,28)25-16-10-6-9-14-15(19(26)24-20(21)22)11-17(23-18(14)16)13-7-4-3-5-8-13/h3-12,25H,1-2H3,(H4,21,22,24,26). The van der Waals surface area contributed by atoms with Crippen molar-refractivity contribution in [1.82, 2.24) is 4.98 Å². The molecule has 3 aromatic rings. The zero-order chi connectivity index (χ0) is 21.2. The van der Waals surface area contributed by atoms with Crippen LogP contribution in [0.5, 0.6) is 0 Å². The lowest BCUT2D eigenvalue weighted by molar-refractivity contribution is 0.100. The van der Waals surface area contributed by atoms with E-state index in [9.17, 15) is 13.2 Å². The summed E-state index contributed by atoms with van der Waals surface area (Å²) < 4.78 is 27.4. The van der Waals surface area contributed by atoms with Gasteiger partial charge in [-0.3, -0.25) is 9.52 Å². The van der Waals surface area contributed by atoms with Crippen LogP contribution >= 0.6 is 0 Å². The molecule has 2 aromatic carbocycles. The van der Waals surface area contributed by atoms with Crippen molar-refractivity contribution < 1.29 is 13.2 Å². The molecule has 0 bridgehead atoms. The largest absolute Gasteiger partial charge is 0.370 e. The lowest BCUT2D eigenvalue weighted by Gasteiger charge is -2.14. The van der Waals surface area contributed by atoms with Crippen LogP contribution in [0.4, 0.5) is 5.69 Å². The van der Waals surface area contributed by atoms with Gasteiger partial charge in [0.2, 0.25) is 10.0 Å². The van der Waals surface area contributed by atoms with E-state index < -0.39 is 21.2 Å². The molecule has 3 rings (SSSR count). The molecule has 0 aliphatic carbocycles. The van der Waals surface area contributed by atoms with Crippen molar-refractivity contribution in [1.29, 1.82) is 0 Å². The van der Waals surface area contributed by atoms with E-state index in [0.717, 1.165) is 5.56 Å². The van der Waals surface area contributed by atoms with Crippen LogP contribution in [0.15, 0.2) is 59.6 Å². The second-order valence-electron chi connectivity index (χ2n) is 6.66. The zero-order valence-electron chi connectivity index (χ0n) is 16.0. The molecule has 0 aliphatic heterocycles. The number of amides is 1. The van der Waals surface area contributed by atoms with Gasteiger partial charge in [-0.1, -0.05) is 42.5 Å². The normalized spacial score (nSPS) is 11.4. The average Bonchev–Trinajstić information content (AvgIpc) is 2.67. The highest BCUT2D eigenvalue weighted by molar-refractivity contribution is 7.93. The molecular weight excluding hydrogens is 390 g/mol. The molecular formula is C20H21N5O3S. The molecule has 0 atom stereocenters. The van der Waals surface area contributed by atoms with E-state index >= 15 is 0 Å². The number of aromatic nitrogens is 1. The number of sulfonamides is 1. The van der Waals surface area contributed by atoms with Crippen LogP contribution in [0.25, 0.3) is 22.2 Å². The number of fused-ring (bicyclic) bond motifs is 1. The molecule has 1 heterocycles. The third kappa shape index (κ3) is 4.35. The van der Waals surface area contributed by atoms with Gasteiger partial charge in [-0.2, -0.15) is 4.99 Å². The minimum atomic E-state index is -3.61. The van der Waals surface area contributed by atoms with Crippen LogP contribution in [0.3, 0.4) is 0 Å². The highest BCUT2D eigenvalue weighted by Gasteiger charge is 2.20. The average molecular weight is 411 g/mol. The Hall–Kier alpha value is -3.46. The Balaban J connectivity index is 2.31. The number of carbonyl (C=O) groups is 1. The number of rotatable bonds is 5. The molecule has 0 aliphatic rings. The Morgan fingerprint density at radius 2 is 1.76 bits per heavy atom. The fourth-order valence-electron chi connectivity index (χ4n) is 2.71. The zero-order valence-corrected chi connectivity index (χ0v) is 16.8. The molecule has 0 saturated carbocycles. The SMILES string of the molecule is CC(C)S(=O)(=O)Nc1cccc2c(C(=O)N=C(N)N)cc(-c3ccccc3)nc12. The van der Waals surface area contributed by atoms with Gasteiger partial charge in [-0.25, -0.2) is 13.4 Å². The lowest BCUT2D eigenvalue weighted by atomic mass is 10.0. The molecule has 8 nitrogen and oxygen atoms in total. The second kappa shape index (κ2) is 7.88. The van der Waals surface area contributed by atoms with Gasteiger partial charge in [0.25, 0.3) is 5.91 Å². The van der Waals surface area contributed by atoms with E-state index in [1.165, 1.54) is 0 Å². The van der Waals surface area contributed by atoms with Crippen molar-refractivity contribution in [2.24, 2.45) is 16.5 Å². The van der Waals surface area contributed by atoms with E-state index in [0.29, 0.717) is 16.6 Å². The Morgan fingerprint density at radius 1 is 1.07 bits per heavy atom. The maximum atomic E-state index is 12.6. The summed E-state index contributed by atoms with van der Waals surface area (Å²) in [5.74, 6) is -1.00. The van der Waals surface area contributed by atoms with E-state index in [1.807, 2.05) is 30.3 Å². The molecule has 5 N–H and O–H groups in total. The third-order valence-corrected chi connectivity index (χ3v) is 5.99. The number of para-hydroxylation sites is 1. The summed E-state index contributed by atoms with van der Waals surface area (Å²) in [5, 5.41) is -0.207. The summed E-state index contributed by atoms with van der Waals surface area (Å²) in [6.45, 7) is 3.15. The molecule has 1 amide bonds. The Bertz CT molecular complexity index is 1200. The summed E-state index contributed by atoms with van der Waals surface area (Å²) in [6, 6.07) is 15.7. The number of guanidine groups is 1. The summed E-state index contributed by atoms with van der Waals surface area (Å²) in [6.07, 6.45) is 0. The predicted molar refractivity (Wildman–Crippen MR) is 115 cm³/mol. The Morgan fingerprint density at radius 3 is 2.38 bits per heavy atom. The minimum Gasteiger partial charge on any atom is -0.370 e. The van der Waals surface area contributed by atoms with E-state index in [4.69, 9.17) is 11.5 Å². The van der Waals surface area contributed by atoms with Crippen LogP contribution in [0, 0.1) is 0 Å². The third-order valence-electron chi connectivity index (χ3n) is 4.24. The number of benzene rings is 2. The number of carbonyl (C=O) groups excluding carboxylic acids is 1. The smallest absolute Gasteiger partial charge is 0.280 e. The second-order valence-corrected chi connectivity index (χ2v) is 8.90. The first-order chi connectivity index (χ1) is 13.7. The first-order valence-electron chi connectivity index (χ1n) is 8.84. The molecule has 0 unspecified atom stereocenters. The van der Waals surface area contributed by atoms with Gasteiger partial charge in [0.15, 0.2) is 5.96 Å². The number of nitrogens with zero attached hydrogens (tertiary/aromatic N) is 2. The van der Waals surface area contributed by atoms with Gasteiger partial charge in [-0.05, 0) is 26.0 Å². The van der Waals surface area contributed by atoms with Crippen LogP contribution in [-0.4, -0.2) is 30.5 Å². The lowest BCUT2D eigenvalue weighted by Crippen LogP contribution is -2.24. The van der Waals surface area contributed by atoms with Gasteiger partial charge in [0.05, 0.1) is 27.7 Å². The number of nitrogens with one attached hydrogen (secondary N) is 1. The summed E-state index contributed by atoms with van der Waals surface area (Å²) in [7, 11) is -3.61. The fraction of sp³-hybridized carbons (Fsp3) is 0.150. The number of pyridine rings is 1. The van der Waals surface area contributed by atoms with Crippen LogP contribution < -0.4 is 16.2 Å². The van der Waals surface area contributed by atoms with Gasteiger partial charge >= 0.3 is 0 Å². The number of hydrogen-bond donors (Lipinski definition) is 3. The molecule has 0 fully saturated rings. The van der Waals surface area contributed by atoms with Crippen molar-refractivity contribution in [3.05, 3.63) is 60.2 Å². The van der Waals surface area contributed by atoms with Crippen molar-refractivity contribution >= 4 is 38.5 Å². The van der Waals surface area contributed by atoms with E-state index in [1.54, 1.807) is 38.1 Å². The molecule has 0 radical (unpaired) electrons. The van der Waals surface area contributed by atoms with Crippen molar-refractivity contribution in [3.8, 4) is 11.3 Å². The maximum Gasteiger partial charge on any atom is 0.280 e. The Kier molecular flexibility index (Phi) is 5.51. The fourth-order valence-corrected chi connectivity index (χ4v) is 3.42. The topological polar surface area (TPSA) is 141 Å². The summed E-state index contributed by atoms with van der Waals surface area (Å²) in [4.78, 5) is 20.9. The maximum absolute atomic E-state index is 12.6. The van der Waals surface area contributed by atoms with Gasteiger partial charge < -0.3 is 11.5 Å². The van der Waals surface area contributed by atoms with Crippen LogP contribution in [0.2, 0.25) is 0 Å². The van der Waals surface area contributed by atoms with E-state index in [2.05, 4.69) is 14.7 Å². The Labute approximate surface area is 168 Å². The van der Waals surface area contributed by atoms with E-state index in [-0.39, 0.29) is 17.2 Å². The molecule has 0 spiro atoms. The number of hydrogen-bond acceptors (Lipinski definition) is 4. The highest BCUT2D eigenvalue weighted by atomic mass is 32.2. The highest BCUT2D eigenvalue weighted by Crippen LogP contribution is 2.30. The molecule has 1 aromatic heterocycles. The van der Waals surface area contributed by atoms with Crippen LogP contribution in [-0.2, 0) is 10.0 Å². The quantitative estimate of drug-likeness (QED) is 0.435. The number of aliphatic imine (C=N–C) groups is 1. The number of anilines is 1. The van der Waals surface area contributed by atoms with Gasteiger partial charge in [-0.15, -0.1) is 0 Å². The summed E-state index contributed by atoms with van der Waals surface area (Å²) >= 11 is 0.